The van der Waals surface area contributed by atoms with Crippen molar-refractivity contribution in [2.45, 2.75) is 39.5 Å². The van der Waals surface area contributed by atoms with Crippen molar-refractivity contribution in [1.29, 1.82) is 0 Å². The molecule has 0 fully saturated rings. The fourth-order valence-electron chi connectivity index (χ4n) is 2.27. The molecule has 0 spiro atoms. The zero-order valence-electron chi connectivity index (χ0n) is 14.3. The van der Waals surface area contributed by atoms with E-state index in [-0.39, 0.29) is 6.04 Å². The minimum Gasteiger partial charge on any atom is -0.544 e. The molecule has 1 aromatic carbocycles. The standard InChI is InChI=1S/C17H25N3OSi/c1-13-15(12-20(3)19-13)11-18-14(2)16-9-7-8-10-17(16)21-22(4,5)6/h7-12,14H,1-6H3. The van der Waals surface area contributed by atoms with Crippen LogP contribution >= 0.6 is 0 Å². The van der Waals surface area contributed by atoms with Gasteiger partial charge in [-0.3, -0.25) is 9.67 Å². The number of rotatable bonds is 5. The average molecular weight is 315 g/mol. The zero-order valence-corrected chi connectivity index (χ0v) is 15.3. The van der Waals surface area contributed by atoms with Gasteiger partial charge in [-0.25, -0.2) is 0 Å². The molecular formula is C17H25N3OSi. The third kappa shape index (κ3) is 4.30. The van der Waals surface area contributed by atoms with Gasteiger partial charge in [0.2, 0.25) is 8.32 Å². The van der Waals surface area contributed by atoms with Gasteiger partial charge in [0.1, 0.15) is 5.75 Å². The SMILES string of the molecule is Cc1nn(C)cc1C=NC(C)c1ccccc1O[Si](C)(C)C. The predicted molar refractivity (Wildman–Crippen MR) is 94.4 cm³/mol. The van der Waals surface area contributed by atoms with E-state index in [1.54, 1.807) is 0 Å². The van der Waals surface area contributed by atoms with Crippen LogP contribution in [0.15, 0.2) is 35.5 Å². The van der Waals surface area contributed by atoms with Gasteiger partial charge in [-0.1, -0.05) is 18.2 Å². The van der Waals surface area contributed by atoms with Crippen molar-refractivity contribution in [3.8, 4) is 5.75 Å². The van der Waals surface area contributed by atoms with Gasteiger partial charge >= 0.3 is 0 Å². The number of aryl methyl sites for hydroxylation is 2. The van der Waals surface area contributed by atoms with Crippen molar-refractivity contribution in [3.05, 3.63) is 47.3 Å². The molecule has 0 aliphatic rings. The molecule has 118 valence electrons. The van der Waals surface area contributed by atoms with Gasteiger partial charge in [-0.05, 0) is 39.6 Å². The van der Waals surface area contributed by atoms with E-state index in [1.165, 1.54) is 0 Å². The van der Waals surface area contributed by atoms with Crippen LogP contribution < -0.4 is 4.43 Å². The third-order valence-electron chi connectivity index (χ3n) is 3.27. The molecule has 1 atom stereocenters. The Morgan fingerprint density at radius 2 is 1.95 bits per heavy atom. The Morgan fingerprint density at radius 1 is 1.27 bits per heavy atom. The van der Waals surface area contributed by atoms with Gasteiger partial charge in [0, 0.05) is 30.6 Å². The highest BCUT2D eigenvalue weighted by molar-refractivity contribution is 6.70. The van der Waals surface area contributed by atoms with Crippen LogP contribution in [0.25, 0.3) is 0 Å². The molecule has 22 heavy (non-hydrogen) atoms. The molecule has 1 heterocycles. The molecule has 0 aliphatic carbocycles. The van der Waals surface area contributed by atoms with E-state index in [9.17, 15) is 0 Å². The lowest BCUT2D eigenvalue weighted by atomic mass is 10.1. The van der Waals surface area contributed by atoms with Crippen molar-refractivity contribution in [3.63, 3.8) is 0 Å². The summed E-state index contributed by atoms with van der Waals surface area (Å²) >= 11 is 0. The number of para-hydroxylation sites is 1. The van der Waals surface area contributed by atoms with E-state index >= 15 is 0 Å². The summed E-state index contributed by atoms with van der Waals surface area (Å²) < 4.78 is 7.99. The average Bonchev–Trinajstić information content (AvgIpc) is 2.73. The first-order valence-corrected chi connectivity index (χ1v) is 11.0. The summed E-state index contributed by atoms with van der Waals surface area (Å²) in [6, 6.07) is 8.23. The minimum atomic E-state index is -1.63. The van der Waals surface area contributed by atoms with Crippen molar-refractivity contribution >= 4 is 14.5 Å². The molecule has 0 saturated carbocycles. The van der Waals surface area contributed by atoms with Crippen molar-refractivity contribution in [2.75, 3.05) is 0 Å². The number of hydrogen-bond acceptors (Lipinski definition) is 3. The third-order valence-corrected chi connectivity index (χ3v) is 4.11. The first-order chi connectivity index (χ1) is 10.3. The Labute approximate surface area is 134 Å². The van der Waals surface area contributed by atoms with Crippen LogP contribution in [0.5, 0.6) is 5.75 Å². The normalized spacial score (nSPS) is 13.5. The van der Waals surface area contributed by atoms with Gasteiger partial charge < -0.3 is 4.43 Å². The highest BCUT2D eigenvalue weighted by Gasteiger charge is 2.19. The molecule has 0 radical (unpaired) electrons. The summed E-state index contributed by atoms with van der Waals surface area (Å²) in [4.78, 5) is 4.69. The fourth-order valence-corrected chi connectivity index (χ4v) is 3.11. The van der Waals surface area contributed by atoms with Crippen molar-refractivity contribution in [1.82, 2.24) is 9.78 Å². The second-order valence-electron chi connectivity index (χ2n) is 6.55. The van der Waals surface area contributed by atoms with Crippen LogP contribution in [0.3, 0.4) is 0 Å². The van der Waals surface area contributed by atoms with Gasteiger partial charge in [0.05, 0.1) is 11.7 Å². The summed E-state index contributed by atoms with van der Waals surface area (Å²) in [7, 11) is 0.289. The van der Waals surface area contributed by atoms with Crippen molar-refractivity contribution in [2.24, 2.45) is 12.0 Å². The second kappa shape index (κ2) is 6.48. The van der Waals surface area contributed by atoms with E-state index in [0.717, 1.165) is 22.6 Å². The van der Waals surface area contributed by atoms with Crippen LogP contribution in [0, 0.1) is 6.92 Å². The quantitative estimate of drug-likeness (QED) is 0.615. The number of aliphatic imine (C=N–C) groups is 1. The second-order valence-corrected chi connectivity index (χ2v) is 11.0. The lowest BCUT2D eigenvalue weighted by molar-refractivity contribution is 0.543. The van der Waals surface area contributed by atoms with Gasteiger partial charge in [-0.15, -0.1) is 0 Å². The molecule has 0 N–H and O–H groups in total. The molecule has 4 nitrogen and oxygen atoms in total. The summed E-state index contributed by atoms with van der Waals surface area (Å²) in [6.07, 6.45) is 3.88. The molecule has 2 rings (SSSR count). The first-order valence-electron chi connectivity index (χ1n) is 7.57. The topological polar surface area (TPSA) is 39.4 Å². The van der Waals surface area contributed by atoms with Crippen LogP contribution in [0.1, 0.15) is 29.8 Å². The molecule has 0 bridgehead atoms. The Hall–Kier alpha value is -1.88. The molecule has 1 unspecified atom stereocenters. The van der Waals surface area contributed by atoms with Crippen molar-refractivity contribution < 1.29 is 4.43 Å². The maximum atomic E-state index is 6.18. The van der Waals surface area contributed by atoms with E-state index in [2.05, 4.69) is 42.7 Å². The Balaban J connectivity index is 2.22. The first kappa shape index (κ1) is 16.5. The van der Waals surface area contributed by atoms with E-state index in [0.29, 0.717) is 0 Å². The highest BCUT2D eigenvalue weighted by atomic mass is 28.4. The van der Waals surface area contributed by atoms with E-state index in [1.807, 2.05) is 49.3 Å². The molecule has 0 aliphatic heterocycles. The molecule has 0 saturated heterocycles. The summed E-state index contributed by atoms with van der Waals surface area (Å²) in [5.41, 5.74) is 3.17. The number of benzene rings is 1. The van der Waals surface area contributed by atoms with Gasteiger partial charge in [-0.2, -0.15) is 5.10 Å². The number of hydrogen-bond donors (Lipinski definition) is 0. The van der Waals surface area contributed by atoms with Crippen LogP contribution in [0.2, 0.25) is 19.6 Å². The molecule has 1 aromatic heterocycles. The maximum absolute atomic E-state index is 6.18. The lowest BCUT2D eigenvalue weighted by Gasteiger charge is -2.22. The van der Waals surface area contributed by atoms with Crippen LogP contribution in [-0.2, 0) is 7.05 Å². The Morgan fingerprint density at radius 3 is 2.55 bits per heavy atom. The fraction of sp³-hybridized carbons (Fsp3) is 0.412. The zero-order chi connectivity index (χ0) is 16.3. The largest absolute Gasteiger partial charge is 0.544 e. The maximum Gasteiger partial charge on any atom is 0.242 e. The minimum absolute atomic E-state index is 0.0483. The molecule has 0 amide bonds. The molecular weight excluding hydrogens is 290 g/mol. The van der Waals surface area contributed by atoms with E-state index in [4.69, 9.17) is 4.43 Å². The van der Waals surface area contributed by atoms with Crippen LogP contribution in [0.4, 0.5) is 0 Å². The number of nitrogens with zero attached hydrogens (tertiary/aromatic N) is 3. The number of aromatic nitrogens is 2. The summed E-state index contributed by atoms with van der Waals surface area (Å²) in [5.74, 6) is 0.953. The van der Waals surface area contributed by atoms with E-state index < -0.39 is 8.32 Å². The molecule has 2 aromatic rings. The molecule has 5 heteroatoms. The Kier molecular flexibility index (Phi) is 4.86. The van der Waals surface area contributed by atoms with Gasteiger partial charge in [0.25, 0.3) is 0 Å². The highest BCUT2D eigenvalue weighted by Crippen LogP contribution is 2.29. The van der Waals surface area contributed by atoms with Crippen LogP contribution in [-0.4, -0.2) is 24.3 Å². The predicted octanol–water partition coefficient (Wildman–Crippen LogP) is 4.12. The summed E-state index contributed by atoms with van der Waals surface area (Å²) in [6.45, 7) is 10.7. The van der Waals surface area contributed by atoms with Gasteiger partial charge in [0.15, 0.2) is 0 Å². The monoisotopic (exact) mass is 315 g/mol. The smallest absolute Gasteiger partial charge is 0.242 e. The Bertz CT molecular complexity index is 671. The lowest BCUT2D eigenvalue weighted by Crippen LogP contribution is -2.29. The summed E-state index contributed by atoms with van der Waals surface area (Å²) in [5, 5.41) is 4.33.